The number of aliphatic hydroxyl groups excluding tert-OH is 3. The van der Waals surface area contributed by atoms with Gasteiger partial charge in [-0.15, -0.1) is 0 Å². The fourth-order valence-electron chi connectivity index (χ4n) is 2.43. The van der Waals surface area contributed by atoms with Gasteiger partial charge >= 0.3 is 0 Å². The monoisotopic (exact) mass is 315 g/mol. The van der Waals surface area contributed by atoms with E-state index in [4.69, 9.17) is 10.8 Å². The van der Waals surface area contributed by atoms with Crippen molar-refractivity contribution in [2.24, 2.45) is 5.73 Å². The molecule has 132 valence electrons. The van der Waals surface area contributed by atoms with Crippen LogP contribution < -0.4 is 5.73 Å². The maximum Gasteiger partial charge on any atom is 0.0895 e. The topological polar surface area (TPSA) is 86.7 Å². The second-order valence-corrected chi connectivity index (χ2v) is 6.26. The van der Waals surface area contributed by atoms with Crippen LogP contribution in [0, 0.1) is 0 Å². The standard InChI is InChI=1S/C18H37NO3/c1-2-3-4-5-6-7-8-9-10-11-12-16(21)13-14-18(22)17(19)15-20/h13-14,16-18,20-22H,2-12,15,19H2,1H3. The van der Waals surface area contributed by atoms with Crippen LogP contribution in [0.2, 0.25) is 0 Å². The summed E-state index contributed by atoms with van der Waals surface area (Å²) in [5, 5.41) is 28.1. The Bertz CT molecular complexity index is 259. The Hall–Kier alpha value is -0.420. The van der Waals surface area contributed by atoms with Crippen molar-refractivity contribution in [3.8, 4) is 0 Å². The zero-order valence-corrected chi connectivity index (χ0v) is 14.3. The molecule has 0 saturated heterocycles. The molecule has 3 atom stereocenters. The first-order valence-corrected chi connectivity index (χ1v) is 9.02. The lowest BCUT2D eigenvalue weighted by Crippen LogP contribution is -2.36. The zero-order valence-electron chi connectivity index (χ0n) is 14.3. The van der Waals surface area contributed by atoms with Crippen molar-refractivity contribution in [3.63, 3.8) is 0 Å². The maximum absolute atomic E-state index is 9.77. The Morgan fingerprint density at radius 2 is 1.32 bits per heavy atom. The van der Waals surface area contributed by atoms with Crippen LogP contribution in [0.15, 0.2) is 12.2 Å². The summed E-state index contributed by atoms with van der Waals surface area (Å²) in [4.78, 5) is 0. The SMILES string of the molecule is CCCCCCCCCCCCC(O)C=CC(O)C(N)CO. The van der Waals surface area contributed by atoms with E-state index in [9.17, 15) is 10.2 Å². The van der Waals surface area contributed by atoms with Crippen molar-refractivity contribution in [2.75, 3.05) is 6.61 Å². The summed E-state index contributed by atoms with van der Waals surface area (Å²) in [7, 11) is 0. The lowest BCUT2D eigenvalue weighted by Gasteiger charge is -2.13. The number of rotatable bonds is 15. The predicted octanol–water partition coefficient (Wildman–Crippen LogP) is 2.90. The molecule has 22 heavy (non-hydrogen) atoms. The third-order valence-corrected chi connectivity index (χ3v) is 4.03. The van der Waals surface area contributed by atoms with E-state index < -0.39 is 18.2 Å². The maximum atomic E-state index is 9.77. The lowest BCUT2D eigenvalue weighted by molar-refractivity contribution is 0.141. The first-order chi connectivity index (χ1) is 10.6. The molecule has 0 aliphatic heterocycles. The van der Waals surface area contributed by atoms with Crippen molar-refractivity contribution in [1.29, 1.82) is 0 Å². The summed E-state index contributed by atoms with van der Waals surface area (Å²) in [5.41, 5.74) is 5.48. The molecule has 0 radical (unpaired) electrons. The van der Waals surface area contributed by atoms with Crippen LogP contribution in [-0.4, -0.2) is 40.2 Å². The number of hydrogen-bond donors (Lipinski definition) is 4. The summed E-state index contributed by atoms with van der Waals surface area (Å²) < 4.78 is 0. The van der Waals surface area contributed by atoms with Crippen LogP contribution in [0.4, 0.5) is 0 Å². The summed E-state index contributed by atoms with van der Waals surface area (Å²) in [6.45, 7) is 1.98. The minimum Gasteiger partial charge on any atom is -0.395 e. The molecule has 0 spiro atoms. The number of aliphatic hydroxyl groups is 3. The lowest BCUT2D eigenvalue weighted by atomic mass is 10.0. The van der Waals surface area contributed by atoms with Crippen LogP contribution in [0.1, 0.15) is 77.6 Å². The number of hydrogen-bond acceptors (Lipinski definition) is 4. The Morgan fingerprint density at radius 1 is 0.818 bits per heavy atom. The predicted molar refractivity (Wildman–Crippen MR) is 92.7 cm³/mol. The van der Waals surface area contributed by atoms with Gasteiger partial charge in [0.2, 0.25) is 0 Å². The van der Waals surface area contributed by atoms with E-state index in [1.165, 1.54) is 57.4 Å². The summed E-state index contributed by atoms with van der Waals surface area (Å²) >= 11 is 0. The van der Waals surface area contributed by atoms with E-state index >= 15 is 0 Å². The van der Waals surface area contributed by atoms with Gasteiger partial charge in [-0.25, -0.2) is 0 Å². The fraction of sp³-hybridized carbons (Fsp3) is 0.889. The van der Waals surface area contributed by atoms with Gasteiger partial charge < -0.3 is 21.1 Å². The molecule has 0 aromatic rings. The van der Waals surface area contributed by atoms with Gasteiger partial charge in [0.05, 0.1) is 24.9 Å². The highest BCUT2D eigenvalue weighted by Crippen LogP contribution is 2.12. The van der Waals surface area contributed by atoms with Crippen LogP contribution in [0.5, 0.6) is 0 Å². The van der Waals surface area contributed by atoms with Gasteiger partial charge in [0.25, 0.3) is 0 Å². The van der Waals surface area contributed by atoms with Gasteiger partial charge in [0.1, 0.15) is 0 Å². The zero-order chi connectivity index (χ0) is 16.6. The Kier molecular flexibility index (Phi) is 15.2. The largest absolute Gasteiger partial charge is 0.395 e. The average Bonchev–Trinajstić information content (AvgIpc) is 2.53. The van der Waals surface area contributed by atoms with Crippen LogP contribution in [0.3, 0.4) is 0 Å². The first kappa shape index (κ1) is 21.6. The second-order valence-electron chi connectivity index (χ2n) is 6.26. The van der Waals surface area contributed by atoms with E-state index in [-0.39, 0.29) is 6.61 Å². The van der Waals surface area contributed by atoms with E-state index in [1.807, 2.05) is 0 Å². The molecule has 0 fully saturated rings. The van der Waals surface area contributed by atoms with Crippen molar-refractivity contribution in [3.05, 3.63) is 12.2 Å². The van der Waals surface area contributed by atoms with E-state index in [1.54, 1.807) is 6.08 Å². The summed E-state index contributed by atoms with van der Waals surface area (Å²) in [6, 6.07) is -0.680. The molecular formula is C18H37NO3. The third-order valence-electron chi connectivity index (χ3n) is 4.03. The minimum absolute atomic E-state index is 0.264. The first-order valence-electron chi connectivity index (χ1n) is 9.02. The van der Waals surface area contributed by atoms with Gasteiger partial charge in [-0.2, -0.15) is 0 Å². The highest BCUT2D eigenvalue weighted by atomic mass is 16.3. The van der Waals surface area contributed by atoms with Crippen molar-refractivity contribution in [1.82, 2.24) is 0 Å². The Labute approximate surface area is 136 Å². The number of nitrogens with two attached hydrogens (primary N) is 1. The highest BCUT2D eigenvalue weighted by molar-refractivity contribution is 4.97. The number of unbranched alkanes of at least 4 members (excludes halogenated alkanes) is 9. The molecular weight excluding hydrogens is 278 g/mol. The smallest absolute Gasteiger partial charge is 0.0895 e. The molecule has 0 aromatic carbocycles. The molecule has 5 N–H and O–H groups in total. The summed E-state index contributed by atoms with van der Waals surface area (Å²) in [6.07, 6.45) is 15.1. The van der Waals surface area contributed by atoms with Gasteiger partial charge in [0, 0.05) is 0 Å². The normalized spacial score (nSPS) is 16.0. The van der Waals surface area contributed by atoms with Crippen molar-refractivity contribution < 1.29 is 15.3 Å². The molecule has 0 aliphatic rings. The van der Waals surface area contributed by atoms with Gasteiger partial charge in [0.15, 0.2) is 0 Å². The molecule has 0 bridgehead atoms. The fourth-order valence-corrected chi connectivity index (χ4v) is 2.43. The molecule has 0 aliphatic carbocycles. The van der Waals surface area contributed by atoms with Crippen molar-refractivity contribution in [2.45, 2.75) is 95.8 Å². The van der Waals surface area contributed by atoms with E-state index in [0.29, 0.717) is 6.42 Å². The van der Waals surface area contributed by atoms with E-state index in [0.717, 1.165) is 12.8 Å². The Morgan fingerprint density at radius 3 is 1.82 bits per heavy atom. The van der Waals surface area contributed by atoms with Crippen LogP contribution in [0.25, 0.3) is 0 Å². The summed E-state index contributed by atoms with van der Waals surface area (Å²) in [5.74, 6) is 0. The Balaban J connectivity index is 3.42. The quantitative estimate of drug-likeness (QED) is 0.276. The molecule has 4 nitrogen and oxygen atoms in total. The molecule has 0 amide bonds. The third kappa shape index (κ3) is 13.3. The average molecular weight is 315 g/mol. The van der Waals surface area contributed by atoms with Gasteiger partial charge in [-0.3, -0.25) is 0 Å². The molecule has 0 rings (SSSR count). The molecule has 0 heterocycles. The molecule has 4 heteroatoms. The molecule has 3 unspecified atom stereocenters. The molecule has 0 saturated carbocycles. The minimum atomic E-state index is -0.896. The van der Waals surface area contributed by atoms with Crippen LogP contribution in [-0.2, 0) is 0 Å². The van der Waals surface area contributed by atoms with Crippen LogP contribution >= 0.6 is 0 Å². The van der Waals surface area contributed by atoms with E-state index in [2.05, 4.69) is 6.92 Å². The second kappa shape index (κ2) is 15.5. The van der Waals surface area contributed by atoms with Crippen molar-refractivity contribution >= 4 is 0 Å². The van der Waals surface area contributed by atoms with Gasteiger partial charge in [-0.1, -0.05) is 83.3 Å². The highest BCUT2D eigenvalue weighted by Gasteiger charge is 2.10. The molecule has 0 aromatic heterocycles. The van der Waals surface area contributed by atoms with Gasteiger partial charge in [-0.05, 0) is 6.42 Å².